The van der Waals surface area contributed by atoms with E-state index in [-0.39, 0.29) is 6.04 Å². The maximum absolute atomic E-state index is 5.84. The normalized spacial score (nSPS) is 21.1. The minimum atomic E-state index is 0.141. The summed E-state index contributed by atoms with van der Waals surface area (Å²) in [6.07, 6.45) is 9.99. The quantitative estimate of drug-likeness (QED) is 0.309. The molecule has 1 aliphatic rings. The molecule has 4 heteroatoms. The molecule has 1 atom stereocenters. The predicted octanol–water partition coefficient (Wildman–Crippen LogP) is 4.84. The van der Waals surface area contributed by atoms with E-state index in [1.165, 1.54) is 46.8 Å². The zero-order chi connectivity index (χ0) is 13.7. The van der Waals surface area contributed by atoms with Gasteiger partial charge in [0.15, 0.2) is 0 Å². The molecule has 0 aromatic heterocycles. The summed E-state index contributed by atoms with van der Waals surface area (Å²) in [6, 6.07) is 6.52. The van der Waals surface area contributed by atoms with Gasteiger partial charge in [0.25, 0.3) is 0 Å². The minimum absolute atomic E-state index is 0.141. The number of rotatable bonds is 3. The van der Waals surface area contributed by atoms with Gasteiger partial charge < -0.3 is 0 Å². The summed E-state index contributed by atoms with van der Waals surface area (Å²) in [5.74, 6) is 5.84. The van der Waals surface area contributed by atoms with Crippen LogP contribution in [0.3, 0.4) is 0 Å². The number of allylic oxidation sites excluding steroid dienone is 1. The Morgan fingerprint density at radius 3 is 2.79 bits per heavy atom. The first-order valence-corrected chi connectivity index (χ1v) is 8.69. The molecule has 3 N–H and O–H groups in total. The lowest BCUT2D eigenvalue weighted by Crippen LogP contribution is -2.30. The highest BCUT2D eigenvalue weighted by molar-refractivity contribution is 14.1. The van der Waals surface area contributed by atoms with Gasteiger partial charge in [-0.25, -0.2) is 5.43 Å². The molecule has 1 aromatic rings. The fourth-order valence-electron chi connectivity index (χ4n) is 2.61. The fraction of sp³-hybridized carbons (Fsp3) is 0.467. The molecule has 0 heterocycles. The summed E-state index contributed by atoms with van der Waals surface area (Å²) in [5.41, 5.74) is 5.72. The molecule has 1 aliphatic carbocycles. The van der Waals surface area contributed by atoms with Gasteiger partial charge in [0.05, 0.1) is 6.04 Å². The molecular weight excluding hydrogens is 415 g/mol. The largest absolute Gasteiger partial charge is 0.271 e. The Balaban J connectivity index is 2.29. The molecule has 0 saturated heterocycles. The van der Waals surface area contributed by atoms with Crippen molar-refractivity contribution in [1.82, 2.24) is 5.43 Å². The lowest BCUT2D eigenvalue weighted by molar-refractivity contribution is 0.554. The van der Waals surface area contributed by atoms with Crippen molar-refractivity contribution < 1.29 is 0 Å². The van der Waals surface area contributed by atoms with Crippen LogP contribution in [0.1, 0.15) is 50.1 Å². The van der Waals surface area contributed by atoms with Gasteiger partial charge in [-0.1, -0.05) is 40.4 Å². The Morgan fingerprint density at radius 1 is 1.21 bits per heavy atom. The van der Waals surface area contributed by atoms with Crippen molar-refractivity contribution in [1.29, 1.82) is 0 Å². The number of halogens is 2. The average molecular weight is 435 g/mol. The van der Waals surface area contributed by atoms with Crippen molar-refractivity contribution in [2.45, 2.75) is 44.6 Å². The monoisotopic (exact) mass is 434 g/mol. The van der Waals surface area contributed by atoms with E-state index in [0.717, 1.165) is 10.9 Å². The van der Waals surface area contributed by atoms with Crippen molar-refractivity contribution in [2.75, 3.05) is 0 Å². The predicted molar refractivity (Wildman–Crippen MR) is 92.7 cm³/mol. The third kappa shape index (κ3) is 4.28. The highest BCUT2D eigenvalue weighted by atomic mass is 127. The van der Waals surface area contributed by atoms with Crippen molar-refractivity contribution in [2.24, 2.45) is 5.84 Å². The number of benzene rings is 1. The number of hydrogen-bond donors (Lipinski definition) is 2. The summed E-state index contributed by atoms with van der Waals surface area (Å²) in [5, 5.41) is 0. The number of nitrogens with two attached hydrogens (primary N) is 1. The SMILES string of the molecule is NNC(/C1=C/CCCCCC1)c1cc(Br)ccc1I. The van der Waals surface area contributed by atoms with Crippen LogP contribution in [0.25, 0.3) is 0 Å². The van der Waals surface area contributed by atoms with Crippen LogP contribution in [0, 0.1) is 3.57 Å². The van der Waals surface area contributed by atoms with Crippen LogP contribution < -0.4 is 11.3 Å². The Kier molecular flexibility index (Phi) is 6.32. The van der Waals surface area contributed by atoms with E-state index in [2.05, 4.69) is 68.2 Å². The van der Waals surface area contributed by atoms with E-state index in [9.17, 15) is 0 Å². The molecule has 0 spiro atoms. The highest BCUT2D eigenvalue weighted by Gasteiger charge is 2.18. The molecule has 1 unspecified atom stereocenters. The Bertz CT molecular complexity index is 459. The molecule has 104 valence electrons. The van der Waals surface area contributed by atoms with Gasteiger partial charge >= 0.3 is 0 Å². The molecule has 0 fully saturated rings. The van der Waals surface area contributed by atoms with Gasteiger partial charge in [-0.3, -0.25) is 5.84 Å². The molecule has 0 radical (unpaired) electrons. The maximum atomic E-state index is 5.84. The third-order valence-electron chi connectivity index (χ3n) is 3.63. The number of hydrazine groups is 1. The average Bonchev–Trinajstić information content (AvgIpc) is 2.36. The standard InChI is InChI=1S/C15H20BrIN2/c16-12-8-9-14(17)13(10-12)15(19-18)11-6-4-2-1-3-5-7-11/h6,8-10,15,19H,1-5,7,18H2/b11-6+. The smallest absolute Gasteiger partial charge is 0.0680 e. The van der Waals surface area contributed by atoms with Crippen LogP contribution in [0.2, 0.25) is 0 Å². The first-order chi connectivity index (χ1) is 9.22. The molecule has 0 bridgehead atoms. The van der Waals surface area contributed by atoms with Crippen molar-refractivity contribution in [3.05, 3.63) is 43.5 Å². The van der Waals surface area contributed by atoms with E-state index in [0.29, 0.717) is 0 Å². The second-order valence-electron chi connectivity index (χ2n) is 5.00. The van der Waals surface area contributed by atoms with Gasteiger partial charge in [0.1, 0.15) is 0 Å². The van der Waals surface area contributed by atoms with E-state index < -0.39 is 0 Å². The molecule has 2 nitrogen and oxygen atoms in total. The molecule has 1 aromatic carbocycles. The molecule has 0 saturated carbocycles. The van der Waals surface area contributed by atoms with E-state index in [1.54, 1.807) is 0 Å². The van der Waals surface area contributed by atoms with Gasteiger partial charge in [0, 0.05) is 8.04 Å². The number of nitrogens with one attached hydrogen (secondary N) is 1. The lowest BCUT2D eigenvalue weighted by atomic mass is 9.91. The Labute approximate surface area is 137 Å². The first-order valence-electron chi connectivity index (χ1n) is 6.82. The lowest BCUT2D eigenvalue weighted by Gasteiger charge is -2.23. The zero-order valence-corrected chi connectivity index (χ0v) is 14.7. The second kappa shape index (κ2) is 7.76. The summed E-state index contributed by atoms with van der Waals surface area (Å²) in [7, 11) is 0. The van der Waals surface area contributed by atoms with Gasteiger partial charge in [-0.2, -0.15) is 0 Å². The summed E-state index contributed by atoms with van der Waals surface area (Å²) in [6.45, 7) is 0. The second-order valence-corrected chi connectivity index (χ2v) is 7.08. The minimum Gasteiger partial charge on any atom is -0.271 e. The summed E-state index contributed by atoms with van der Waals surface area (Å²) < 4.78 is 2.36. The van der Waals surface area contributed by atoms with Crippen molar-refractivity contribution in [3.8, 4) is 0 Å². The molecule has 2 rings (SSSR count). The molecule has 0 amide bonds. The van der Waals surface area contributed by atoms with Crippen LogP contribution in [-0.2, 0) is 0 Å². The highest BCUT2D eigenvalue weighted by Crippen LogP contribution is 2.32. The van der Waals surface area contributed by atoms with Crippen LogP contribution in [0.15, 0.2) is 34.3 Å². The van der Waals surface area contributed by atoms with Crippen LogP contribution in [-0.4, -0.2) is 0 Å². The molecule has 19 heavy (non-hydrogen) atoms. The van der Waals surface area contributed by atoms with Crippen LogP contribution in [0.4, 0.5) is 0 Å². The van der Waals surface area contributed by atoms with E-state index >= 15 is 0 Å². The maximum Gasteiger partial charge on any atom is 0.0680 e. The molecule has 0 aliphatic heterocycles. The first kappa shape index (κ1) is 15.5. The van der Waals surface area contributed by atoms with Crippen LogP contribution >= 0.6 is 38.5 Å². The Hall–Kier alpha value is 0.0900. The zero-order valence-electron chi connectivity index (χ0n) is 11.0. The third-order valence-corrected chi connectivity index (χ3v) is 5.11. The van der Waals surface area contributed by atoms with Crippen molar-refractivity contribution >= 4 is 38.5 Å². The topological polar surface area (TPSA) is 38.0 Å². The number of hydrogen-bond acceptors (Lipinski definition) is 2. The Morgan fingerprint density at radius 2 is 2.00 bits per heavy atom. The summed E-state index contributed by atoms with van der Waals surface area (Å²) in [4.78, 5) is 0. The van der Waals surface area contributed by atoms with E-state index in [1.807, 2.05) is 0 Å². The van der Waals surface area contributed by atoms with Crippen molar-refractivity contribution in [3.63, 3.8) is 0 Å². The van der Waals surface area contributed by atoms with E-state index in [4.69, 9.17) is 5.84 Å². The molecular formula is C15H20BrIN2. The van der Waals surface area contributed by atoms with Gasteiger partial charge in [-0.15, -0.1) is 0 Å². The fourth-order valence-corrected chi connectivity index (χ4v) is 3.64. The summed E-state index contributed by atoms with van der Waals surface area (Å²) >= 11 is 5.94. The van der Waals surface area contributed by atoms with Gasteiger partial charge in [0.2, 0.25) is 0 Å². The van der Waals surface area contributed by atoms with Gasteiger partial charge in [-0.05, 0) is 72.0 Å². The van der Waals surface area contributed by atoms with Crippen LogP contribution in [0.5, 0.6) is 0 Å².